The standard InChI is InChI=1S/C17H14N4O4S/c1-23-13-5-2-11(3-6-13)14(22)9-26-17-18-19-20-21(17)12-4-7-15-16(8-12)25-10-24-15/h2-8H,9-10H2,1H3. The smallest absolute Gasteiger partial charge is 0.231 e. The Kier molecular flexibility index (Phi) is 4.44. The number of carbonyl (C=O) groups excluding carboxylic acids is 1. The van der Waals surface area contributed by atoms with Gasteiger partial charge in [0.15, 0.2) is 17.3 Å². The van der Waals surface area contributed by atoms with E-state index >= 15 is 0 Å². The molecule has 9 heteroatoms. The first-order chi connectivity index (χ1) is 12.7. The number of Topliss-reactive ketones (excluding diaryl/α,β-unsaturated/α-hetero) is 1. The summed E-state index contributed by atoms with van der Waals surface area (Å²) < 4.78 is 17.3. The average Bonchev–Trinajstić information content (AvgIpc) is 3.34. The second kappa shape index (κ2) is 7.04. The Hall–Kier alpha value is -3.07. The third kappa shape index (κ3) is 3.21. The molecule has 2 aromatic carbocycles. The number of ketones is 1. The third-order valence-corrected chi connectivity index (χ3v) is 4.71. The van der Waals surface area contributed by atoms with E-state index in [4.69, 9.17) is 14.2 Å². The van der Waals surface area contributed by atoms with E-state index in [9.17, 15) is 4.79 Å². The lowest BCUT2D eigenvalue weighted by atomic mass is 10.1. The first-order valence-corrected chi connectivity index (χ1v) is 8.71. The van der Waals surface area contributed by atoms with Gasteiger partial charge < -0.3 is 14.2 Å². The molecule has 2 heterocycles. The van der Waals surface area contributed by atoms with Crippen LogP contribution in [-0.2, 0) is 0 Å². The number of nitrogens with zero attached hydrogens (tertiary/aromatic N) is 4. The maximum atomic E-state index is 12.4. The number of methoxy groups -OCH3 is 1. The molecule has 0 aliphatic carbocycles. The van der Waals surface area contributed by atoms with Crippen LogP contribution in [0.4, 0.5) is 0 Å². The second-order valence-corrected chi connectivity index (χ2v) is 6.29. The van der Waals surface area contributed by atoms with Crippen molar-refractivity contribution in [1.29, 1.82) is 0 Å². The molecule has 4 rings (SSSR count). The lowest BCUT2D eigenvalue weighted by molar-refractivity contribution is 0.102. The van der Waals surface area contributed by atoms with Gasteiger partial charge in [-0.25, -0.2) is 0 Å². The summed E-state index contributed by atoms with van der Waals surface area (Å²) in [5, 5.41) is 12.2. The maximum absolute atomic E-state index is 12.4. The molecule has 0 unspecified atom stereocenters. The molecule has 0 saturated carbocycles. The van der Waals surface area contributed by atoms with Crippen molar-refractivity contribution in [2.75, 3.05) is 19.7 Å². The minimum absolute atomic E-state index is 0.0158. The summed E-state index contributed by atoms with van der Waals surface area (Å²) in [6.45, 7) is 0.201. The van der Waals surface area contributed by atoms with E-state index in [2.05, 4.69) is 15.5 Å². The van der Waals surface area contributed by atoms with Gasteiger partial charge in [0.05, 0.1) is 18.6 Å². The van der Waals surface area contributed by atoms with Gasteiger partial charge in [0.2, 0.25) is 11.9 Å². The molecule has 1 aliphatic heterocycles. The molecular formula is C17H14N4O4S. The highest BCUT2D eigenvalue weighted by molar-refractivity contribution is 7.99. The number of aromatic nitrogens is 4. The predicted octanol–water partition coefficient (Wildman–Crippen LogP) is 2.37. The van der Waals surface area contributed by atoms with Crippen LogP contribution in [0.3, 0.4) is 0 Å². The second-order valence-electron chi connectivity index (χ2n) is 5.35. The average molecular weight is 370 g/mol. The molecule has 0 radical (unpaired) electrons. The van der Waals surface area contributed by atoms with E-state index in [0.29, 0.717) is 28.0 Å². The van der Waals surface area contributed by atoms with E-state index in [1.54, 1.807) is 48.2 Å². The number of carbonyl (C=O) groups is 1. The fourth-order valence-corrected chi connectivity index (χ4v) is 3.22. The van der Waals surface area contributed by atoms with Gasteiger partial charge in [0.1, 0.15) is 5.75 Å². The van der Waals surface area contributed by atoms with Crippen LogP contribution in [0.15, 0.2) is 47.6 Å². The maximum Gasteiger partial charge on any atom is 0.231 e. The lowest BCUT2D eigenvalue weighted by Crippen LogP contribution is -2.05. The first kappa shape index (κ1) is 16.4. The van der Waals surface area contributed by atoms with Crippen molar-refractivity contribution >= 4 is 17.5 Å². The number of hydrogen-bond acceptors (Lipinski definition) is 8. The number of ether oxygens (including phenoxy) is 3. The normalized spacial score (nSPS) is 12.2. The minimum atomic E-state index is -0.0158. The van der Waals surface area contributed by atoms with Crippen LogP contribution in [0.5, 0.6) is 17.2 Å². The van der Waals surface area contributed by atoms with Gasteiger partial charge in [-0.15, -0.1) is 5.10 Å². The Balaban J connectivity index is 1.48. The zero-order valence-electron chi connectivity index (χ0n) is 13.8. The summed E-state index contributed by atoms with van der Waals surface area (Å²) in [5.74, 6) is 2.24. The predicted molar refractivity (Wildman–Crippen MR) is 93.3 cm³/mol. The topological polar surface area (TPSA) is 88.4 Å². The molecule has 0 spiro atoms. The fourth-order valence-electron chi connectivity index (χ4n) is 2.44. The molecule has 0 amide bonds. The number of hydrogen-bond donors (Lipinski definition) is 0. The molecule has 0 saturated heterocycles. The highest BCUT2D eigenvalue weighted by Gasteiger charge is 2.17. The largest absolute Gasteiger partial charge is 0.497 e. The highest BCUT2D eigenvalue weighted by atomic mass is 32.2. The number of tetrazole rings is 1. The van der Waals surface area contributed by atoms with Crippen molar-refractivity contribution in [3.05, 3.63) is 48.0 Å². The van der Waals surface area contributed by atoms with E-state index in [-0.39, 0.29) is 18.3 Å². The van der Waals surface area contributed by atoms with Crippen LogP contribution in [0.1, 0.15) is 10.4 Å². The molecule has 1 aromatic heterocycles. The van der Waals surface area contributed by atoms with Crippen molar-refractivity contribution < 1.29 is 19.0 Å². The molecule has 0 fully saturated rings. The highest BCUT2D eigenvalue weighted by Crippen LogP contribution is 2.34. The van der Waals surface area contributed by atoms with Crippen molar-refractivity contribution in [3.63, 3.8) is 0 Å². The molecule has 3 aromatic rings. The molecule has 132 valence electrons. The number of thioether (sulfide) groups is 1. The van der Waals surface area contributed by atoms with Crippen molar-refractivity contribution in [2.24, 2.45) is 0 Å². The molecule has 0 N–H and O–H groups in total. The Labute approximate surface area is 153 Å². The van der Waals surface area contributed by atoms with E-state index in [1.807, 2.05) is 6.07 Å². The van der Waals surface area contributed by atoms with E-state index in [1.165, 1.54) is 11.8 Å². The summed E-state index contributed by atoms with van der Waals surface area (Å²) in [7, 11) is 1.59. The summed E-state index contributed by atoms with van der Waals surface area (Å²) in [4.78, 5) is 12.4. The van der Waals surface area contributed by atoms with Gasteiger partial charge in [0.25, 0.3) is 0 Å². The molecular weight excluding hydrogens is 356 g/mol. The Morgan fingerprint density at radius 1 is 1.19 bits per heavy atom. The Morgan fingerprint density at radius 3 is 2.81 bits per heavy atom. The van der Waals surface area contributed by atoms with Gasteiger partial charge in [-0.05, 0) is 46.8 Å². The van der Waals surface area contributed by atoms with E-state index in [0.717, 1.165) is 5.69 Å². The minimum Gasteiger partial charge on any atom is -0.497 e. The summed E-state index contributed by atoms with van der Waals surface area (Å²) in [5.41, 5.74) is 1.35. The monoisotopic (exact) mass is 370 g/mol. The molecule has 0 bridgehead atoms. The van der Waals surface area contributed by atoms with Crippen molar-refractivity contribution in [3.8, 4) is 22.9 Å². The van der Waals surface area contributed by atoms with Gasteiger partial charge in [0, 0.05) is 11.6 Å². The van der Waals surface area contributed by atoms with Gasteiger partial charge in [-0.1, -0.05) is 11.8 Å². The van der Waals surface area contributed by atoms with Crippen LogP contribution >= 0.6 is 11.8 Å². The molecule has 1 aliphatic rings. The van der Waals surface area contributed by atoms with Crippen molar-refractivity contribution in [1.82, 2.24) is 20.2 Å². The molecule has 0 atom stereocenters. The van der Waals surface area contributed by atoms with E-state index < -0.39 is 0 Å². The quantitative estimate of drug-likeness (QED) is 0.483. The van der Waals surface area contributed by atoms with Crippen LogP contribution in [0.25, 0.3) is 5.69 Å². The number of fused-ring (bicyclic) bond motifs is 1. The number of rotatable bonds is 6. The van der Waals surface area contributed by atoms with Crippen LogP contribution in [0.2, 0.25) is 0 Å². The van der Waals surface area contributed by atoms with Gasteiger partial charge >= 0.3 is 0 Å². The summed E-state index contributed by atoms with van der Waals surface area (Å²) in [6, 6.07) is 12.4. The SMILES string of the molecule is COc1ccc(C(=O)CSc2nnnn2-c2ccc3c(c2)OCO3)cc1. The summed E-state index contributed by atoms with van der Waals surface area (Å²) >= 11 is 1.27. The van der Waals surface area contributed by atoms with Gasteiger partial charge in [-0.2, -0.15) is 4.68 Å². The van der Waals surface area contributed by atoms with Crippen molar-refractivity contribution in [2.45, 2.75) is 5.16 Å². The lowest BCUT2D eigenvalue weighted by Gasteiger charge is -2.05. The third-order valence-electron chi connectivity index (χ3n) is 3.79. The van der Waals surface area contributed by atoms with Gasteiger partial charge in [-0.3, -0.25) is 4.79 Å². The zero-order chi connectivity index (χ0) is 17.9. The number of benzene rings is 2. The summed E-state index contributed by atoms with van der Waals surface area (Å²) in [6.07, 6.45) is 0. The Morgan fingerprint density at radius 2 is 2.00 bits per heavy atom. The van der Waals surface area contributed by atoms with Crippen LogP contribution < -0.4 is 14.2 Å². The molecule has 26 heavy (non-hydrogen) atoms. The first-order valence-electron chi connectivity index (χ1n) is 7.73. The van der Waals surface area contributed by atoms with Crippen LogP contribution in [-0.4, -0.2) is 45.6 Å². The van der Waals surface area contributed by atoms with Crippen LogP contribution in [0, 0.1) is 0 Å². The Bertz CT molecular complexity index is 942. The zero-order valence-corrected chi connectivity index (χ0v) is 14.6. The molecule has 8 nitrogen and oxygen atoms in total. The fraction of sp³-hybridized carbons (Fsp3) is 0.176.